The standard InChI is InChI=1S/C12H19F3N2O4/c1-11(2,21-3)6-16-10(20)17-4-7(9(18)19)8(5-17)12(13,14)15/h7-8H,4-6H2,1-3H3,(H,16,20)(H,18,19)/t7-,8-/m1/s1. The number of carbonyl (C=O) groups is 2. The van der Waals surface area contributed by atoms with E-state index in [1.54, 1.807) is 13.8 Å². The van der Waals surface area contributed by atoms with Gasteiger partial charge in [0.15, 0.2) is 0 Å². The second-order valence-corrected chi connectivity index (χ2v) is 5.62. The van der Waals surface area contributed by atoms with Gasteiger partial charge in [0.1, 0.15) is 0 Å². The number of aliphatic carboxylic acids is 1. The minimum atomic E-state index is -4.65. The molecule has 1 aliphatic heterocycles. The van der Waals surface area contributed by atoms with Crippen LogP contribution in [-0.4, -0.2) is 60.5 Å². The third-order valence-corrected chi connectivity index (χ3v) is 3.56. The molecule has 9 heteroatoms. The molecule has 0 aromatic heterocycles. The number of rotatable bonds is 4. The molecule has 2 atom stereocenters. The van der Waals surface area contributed by atoms with Crippen molar-refractivity contribution in [1.29, 1.82) is 0 Å². The summed E-state index contributed by atoms with van der Waals surface area (Å²) in [5.74, 6) is -5.23. The SMILES string of the molecule is COC(C)(C)CNC(=O)N1C[C@@H](C(F)(F)F)[C@H](C(=O)O)C1. The molecule has 1 heterocycles. The average molecular weight is 312 g/mol. The van der Waals surface area contributed by atoms with Crippen LogP contribution in [0, 0.1) is 11.8 Å². The highest BCUT2D eigenvalue weighted by Gasteiger charge is 2.53. The first kappa shape index (κ1) is 17.5. The van der Waals surface area contributed by atoms with Crippen molar-refractivity contribution in [2.75, 3.05) is 26.7 Å². The maximum atomic E-state index is 12.8. The topological polar surface area (TPSA) is 78.9 Å². The number of hydrogen-bond acceptors (Lipinski definition) is 3. The Kier molecular flexibility index (Phi) is 5.08. The number of alkyl halides is 3. The summed E-state index contributed by atoms with van der Waals surface area (Å²) in [6.45, 7) is 2.40. The first-order chi connectivity index (χ1) is 9.48. The van der Waals surface area contributed by atoms with Crippen LogP contribution in [0.4, 0.5) is 18.0 Å². The third kappa shape index (κ3) is 4.48. The summed E-state index contributed by atoms with van der Waals surface area (Å²) in [6, 6.07) is -0.724. The van der Waals surface area contributed by atoms with Crippen LogP contribution in [0.2, 0.25) is 0 Å². The number of halogens is 3. The summed E-state index contributed by atoms with van der Waals surface area (Å²) >= 11 is 0. The van der Waals surface area contributed by atoms with Gasteiger partial charge in [-0.15, -0.1) is 0 Å². The highest BCUT2D eigenvalue weighted by Crippen LogP contribution is 2.37. The predicted octanol–water partition coefficient (Wildman–Crippen LogP) is 1.32. The normalized spacial score (nSPS) is 23.2. The summed E-state index contributed by atoms with van der Waals surface area (Å²) in [4.78, 5) is 23.6. The second-order valence-electron chi connectivity index (χ2n) is 5.62. The number of nitrogens with one attached hydrogen (secondary N) is 1. The molecule has 2 N–H and O–H groups in total. The quantitative estimate of drug-likeness (QED) is 0.820. The van der Waals surface area contributed by atoms with Gasteiger partial charge in [0, 0.05) is 26.7 Å². The molecule has 21 heavy (non-hydrogen) atoms. The Morgan fingerprint density at radius 1 is 1.33 bits per heavy atom. The fourth-order valence-electron chi connectivity index (χ4n) is 2.02. The number of carbonyl (C=O) groups excluding carboxylic acids is 1. The lowest BCUT2D eigenvalue weighted by Gasteiger charge is -2.25. The van der Waals surface area contributed by atoms with E-state index < -0.39 is 48.7 Å². The molecule has 0 radical (unpaired) electrons. The van der Waals surface area contributed by atoms with Crippen molar-refractivity contribution in [3.63, 3.8) is 0 Å². The van der Waals surface area contributed by atoms with Gasteiger partial charge in [-0.3, -0.25) is 4.79 Å². The van der Waals surface area contributed by atoms with Crippen molar-refractivity contribution < 1.29 is 32.6 Å². The molecule has 0 saturated carbocycles. The molecule has 1 rings (SSSR count). The van der Waals surface area contributed by atoms with Crippen LogP contribution in [0.15, 0.2) is 0 Å². The molecule has 0 spiro atoms. The number of carboxylic acid groups (broad SMARTS) is 1. The maximum absolute atomic E-state index is 12.8. The summed E-state index contributed by atoms with van der Waals surface area (Å²) in [6.07, 6.45) is -4.65. The Morgan fingerprint density at radius 2 is 1.90 bits per heavy atom. The van der Waals surface area contributed by atoms with Gasteiger partial charge in [-0.2, -0.15) is 13.2 Å². The summed E-state index contributed by atoms with van der Waals surface area (Å²) in [7, 11) is 1.45. The highest BCUT2D eigenvalue weighted by atomic mass is 19.4. The molecule has 1 saturated heterocycles. The second kappa shape index (κ2) is 6.08. The highest BCUT2D eigenvalue weighted by molar-refractivity contribution is 5.77. The van der Waals surface area contributed by atoms with Crippen LogP contribution in [0.3, 0.4) is 0 Å². The average Bonchev–Trinajstić information content (AvgIpc) is 2.81. The minimum absolute atomic E-state index is 0.104. The molecule has 6 nitrogen and oxygen atoms in total. The number of methoxy groups -OCH3 is 1. The fraction of sp³-hybridized carbons (Fsp3) is 0.833. The van der Waals surface area contributed by atoms with E-state index in [-0.39, 0.29) is 6.54 Å². The van der Waals surface area contributed by atoms with E-state index in [4.69, 9.17) is 9.84 Å². The van der Waals surface area contributed by atoms with Crippen LogP contribution in [-0.2, 0) is 9.53 Å². The van der Waals surface area contributed by atoms with E-state index in [0.29, 0.717) is 0 Å². The summed E-state index contributed by atoms with van der Waals surface area (Å²) in [5.41, 5.74) is -0.662. The van der Waals surface area contributed by atoms with Crippen LogP contribution < -0.4 is 5.32 Å². The molecular weight excluding hydrogens is 293 g/mol. The van der Waals surface area contributed by atoms with Gasteiger partial charge in [0.05, 0.1) is 17.4 Å². The number of ether oxygens (including phenoxy) is 1. The lowest BCUT2D eigenvalue weighted by molar-refractivity contribution is -0.187. The third-order valence-electron chi connectivity index (χ3n) is 3.56. The van der Waals surface area contributed by atoms with E-state index in [1.807, 2.05) is 0 Å². The number of likely N-dealkylation sites (tertiary alicyclic amines) is 1. The number of carboxylic acids is 1. The lowest BCUT2D eigenvalue weighted by Crippen LogP contribution is -2.46. The van der Waals surface area contributed by atoms with Gasteiger partial charge in [0.25, 0.3) is 0 Å². The smallest absolute Gasteiger partial charge is 0.394 e. The molecular formula is C12H19F3N2O4. The Hall–Kier alpha value is -1.51. The first-order valence-electron chi connectivity index (χ1n) is 6.35. The van der Waals surface area contributed by atoms with Crippen molar-refractivity contribution in [1.82, 2.24) is 10.2 Å². The lowest BCUT2D eigenvalue weighted by atomic mass is 9.96. The summed E-state index contributed by atoms with van der Waals surface area (Å²) in [5, 5.41) is 11.3. The Bertz CT molecular complexity index is 412. The number of hydrogen-bond donors (Lipinski definition) is 2. The van der Waals surface area contributed by atoms with E-state index in [0.717, 1.165) is 4.90 Å². The number of urea groups is 1. The Morgan fingerprint density at radius 3 is 2.29 bits per heavy atom. The van der Waals surface area contributed by atoms with Crippen molar-refractivity contribution >= 4 is 12.0 Å². The van der Waals surface area contributed by atoms with Gasteiger partial charge < -0.3 is 20.1 Å². The molecule has 0 aromatic carbocycles. The van der Waals surface area contributed by atoms with E-state index in [2.05, 4.69) is 5.32 Å². The monoisotopic (exact) mass is 312 g/mol. The van der Waals surface area contributed by atoms with Crippen LogP contribution in [0.25, 0.3) is 0 Å². The molecule has 122 valence electrons. The molecule has 1 fully saturated rings. The van der Waals surface area contributed by atoms with Gasteiger partial charge in [-0.05, 0) is 13.8 Å². The zero-order valence-corrected chi connectivity index (χ0v) is 12.0. The minimum Gasteiger partial charge on any atom is -0.481 e. The van der Waals surface area contributed by atoms with Crippen molar-refractivity contribution in [3.05, 3.63) is 0 Å². The van der Waals surface area contributed by atoms with Gasteiger partial charge in [0.2, 0.25) is 0 Å². The molecule has 2 amide bonds. The van der Waals surface area contributed by atoms with E-state index in [9.17, 15) is 22.8 Å². The van der Waals surface area contributed by atoms with Crippen molar-refractivity contribution in [2.24, 2.45) is 11.8 Å². The van der Waals surface area contributed by atoms with Gasteiger partial charge in [-0.1, -0.05) is 0 Å². The van der Waals surface area contributed by atoms with Crippen molar-refractivity contribution in [2.45, 2.75) is 25.6 Å². The molecule has 1 aliphatic rings. The predicted molar refractivity (Wildman–Crippen MR) is 66.7 cm³/mol. The number of amides is 2. The fourth-order valence-corrected chi connectivity index (χ4v) is 2.02. The Balaban J connectivity index is 2.69. The largest absolute Gasteiger partial charge is 0.481 e. The van der Waals surface area contributed by atoms with E-state index in [1.165, 1.54) is 7.11 Å². The zero-order valence-electron chi connectivity index (χ0n) is 12.0. The van der Waals surface area contributed by atoms with Crippen LogP contribution in [0.5, 0.6) is 0 Å². The molecule has 0 unspecified atom stereocenters. The van der Waals surface area contributed by atoms with Gasteiger partial charge in [-0.25, -0.2) is 4.79 Å². The summed E-state index contributed by atoms with van der Waals surface area (Å²) < 4.78 is 43.5. The Labute approximate surface area is 120 Å². The molecule has 0 bridgehead atoms. The van der Waals surface area contributed by atoms with Crippen LogP contribution >= 0.6 is 0 Å². The van der Waals surface area contributed by atoms with Crippen LogP contribution in [0.1, 0.15) is 13.8 Å². The number of nitrogens with zero attached hydrogens (tertiary/aromatic N) is 1. The zero-order chi connectivity index (χ0) is 16.4. The maximum Gasteiger partial charge on any atom is 0.394 e. The molecule has 0 aliphatic carbocycles. The van der Waals surface area contributed by atoms with Crippen molar-refractivity contribution in [3.8, 4) is 0 Å². The molecule has 0 aromatic rings. The first-order valence-corrected chi connectivity index (χ1v) is 6.35. The van der Waals surface area contributed by atoms with Gasteiger partial charge >= 0.3 is 18.2 Å². The van der Waals surface area contributed by atoms with E-state index >= 15 is 0 Å².